The van der Waals surface area contributed by atoms with E-state index in [1.165, 1.54) is 11.1 Å². The molecule has 0 N–H and O–H groups in total. The van der Waals surface area contributed by atoms with Crippen molar-refractivity contribution in [2.45, 2.75) is 27.2 Å². The fourth-order valence-electron chi connectivity index (χ4n) is 2.13. The van der Waals surface area contributed by atoms with E-state index in [4.69, 9.17) is 0 Å². The topological polar surface area (TPSA) is 17.1 Å². The van der Waals surface area contributed by atoms with Gasteiger partial charge in [-0.15, -0.1) is 0 Å². The predicted molar refractivity (Wildman–Crippen MR) is 80.4 cm³/mol. The fraction of sp³-hybridized carbons (Fsp3) is 0.278. The lowest BCUT2D eigenvalue weighted by Crippen LogP contribution is -2.06. The van der Waals surface area contributed by atoms with Crippen molar-refractivity contribution in [2.24, 2.45) is 5.92 Å². The number of rotatable bonds is 4. The Balaban J connectivity index is 2.29. The quantitative estimate of drug-likeness (QED) is 0.717. The van der Waals surface area contributed by atoms with Crippen molar-refractivity contribution in [3.63, 3.8) is 0 Å². The molecule has 0 unspecified atom stereocenters. The third-order valence-corrected chi connectivity index (χ3v) is 3.36. The van der Waals surface area contributed by atoms with Crippen LogP contribution in [0.4, 0.5) is 0 Å². The van der Waals surface area contributed by atoms with E-state index in [0.717, 1.165) is 17.5 Å². The van der Waals surface area contributed by atoms with Crippen LogP contribution < -0.4 is 0 Å². The molecule has 0 amide bonds. The summed E-state index contributed by atoms with van der Waals surface area (Å²) in [5.74, 6) is 0.253. The summed E-state index contributed by atoms with van der Waals surface area (Å²) in [4.78, 5) is 11.9. The molecule has 98 valence electrons. The lowest BCUT2D eigenvalue weighted by atomic mass is 9.97. The first-order valence-corrected chi connectivity index (χ1v) is 6.85. The molecule has 1 nitrogen and oxygen atoms in total. The molecule has 0 heterocycles. The van der Waals surface area contributed by atoms with Crippen molar-refractivity contribution in [1.29, 1.82) is 0 Å². The minimum atomic E-state index is 0.0502. The summed E-state index contributed by atoms with van der Waals surface area (Å²) in [7, 11) is 0. The van der Waals surface area contributed by atoms with E-state index in [2.05, 4.69) is 31.2 Å². The van der Waals surface area contributed by atoms with Crippen LogP contribution in [0.15, 0.2) is 48.5 Å². The molecule has 0 aliphatic rings. The lowest BCUT2D eigenvalue weighted by molar-refractivity contribution is 0.0939. The highest BCUT2D eigenvalue weighted by molar-refractivity contribution is 5.97. The largest absolute Gasteiger partial charge is 0.294 e. The summed E-state index contributed by atoms with van der Waals surface area (Å²) in [6.07, 6.45) is 1.04. The summed E-state index contributed by atoms with van der Waals surface area (Å²) < 4.78 is 0. The zero-order valence-electron chi connectivity index (χ0n) is 11.8. The summed E-state index contributed by atoms with van der Waals surface area (Å²) in [6.45, 7) is 6.02. The first-order valence-electron chi connectivity index (χ1n) is 6.85. The van der Waals surface area contributed by atoms with Crippen LogP contribution in [0.25, 0.3) is 11.1 Å². The summed E-state index contributed by atoms with van der Waals surface area (Å²) in [6, 6.07) is 16.5. The van der Waals surface area contributed by atoms with Crippen LogP contribution in [0, 0.1) is 5.92 Å². The zero-order valence-corrected chi connectivity index (χ0v) is 11.8. The van der Waals surface area contributed by atoms with Crippen LogP contribution >= 0.6 is 0 Å². The Morgan fingerprint density at radius 3 is 2.26 bits per heavy atom. The normalized spacial score (nSPS) is 10.7. The smallest absolute Gasteiger partial charge is 0.165 e. The van der Waals surface area contributed by atoms with Crippen LogP contribution in [0.2, 0.25) is 0 Å². The van der Waals surface area contributed by atoms with Crippen LogP contribution in [-0.4, -0.2) is 5.78 Å². The summed E-state index contributed by atoms with van der Waals surface area (Å²) >= 11 is 0. The van der Waals surface area contributed by atoms with Crippen molar-refractivity contribution in [3.8, 4) is 11.1 Å². The molecule has 0 spiro atoms. The third kappa shape index (κ3) is 3.11. The van der Waals surface area contributed by atoms with Gasteiger partial charge < -0.3 is 0 Å². The summed E-state index contributed by atoms with van der Waals surface area (Å²) in [5.41, 5.74) is 4.50. The number of carbonyl (C=O) groups is 1. The second-order valence-electron chi connectivity index (χ2n) is 5.15. The molecule has 0 saturated carbocycles. The van der Waals surface area contributed by atoms with Crippen LogP contribution in [0.1, 0.15) is 36.7 Å². The Labute approximate surface area is 115 Å². The maximum absolute atomic E-state index is 11.9. The van der Waals surface area contributed by atoms with Gasteiger partial charge in [0.25, 0.3) is 0 Å². The molecule has 0 fully saturated rings. The summed E-state index contributed by atoms with van der Waals surface area (Å²) in [5, 5.41) is 0. The Morgan fingerprint density at radius 1 is 1.00 bits per heavy atom. The highest BCUT2D eigenvalue weighted by atomic mass is 16.1. The van der Waals surface area contributed by atoms with Crippen molar-refractivity contribution in [2.75, 3.05) is 0 Å². The first kappa shape index (κ1) is 13.5. The zero-order chi connectivity index (χ0) is 13.8. The van der Waals surface area contributed by atoms with E-state index in [-0.39, 0.29) is 11.7 Å². The molecular weight excluding hydrogens is 232 g/mol. The Morgan fingerprint density at radius 2 is 1.68 bits per heavy atom. The van der Waals surface area contributed by atoms with Gasteiger partial charge in [-0.3, -0.25) is 4.79 Å². The molecule has 19 heavy (non-hydrogen) atoms. The van der Waals surface area contributed by atoms with Gasteiger partial charge in [-0.2, -0.15) is 0 Å². The number of carbonyl (C=O) groups excluding carboxylic acids is 1. The molecule has 0 radical (unpaired) electrons. The Kier molecular flexibility index (Phi) is 4.16. The van der Waals surface area contributed by atoms with E-state index in [1.807, 2.05) is 38.1 Å². The molecular formula is C18H20O. The van der Waals surface area contributed by atoms with Crippen LogP contribution in [0.5, 0.6) is 0 Å². The molecule has 0 bridgehead atoms. The van der Waals surface area contributed by atoms with Crippen LogP contribution in [-0.2, 0) is 6.42 Å². The van der Waals surface area contributed by atoms with Gasteiger partial charge in [-0.25, -0.2) is 0 Å². The minimum Gasteiger partial charge on any atom is -0.294 e. The lowest BCUT2D eigenvalue weighted by Gasteiger charge is -2.07. The predicted octanol–water partition coefficient (Wildman–Crippen LogP) is 4.75. The van der Waals surface area contributed by atoms with Gasteiger partial charge in [0.05, 0.1) is 0 Å². The molecule has 0 aromatic heterocycles. The van der Waals surface area contributed by atoms with E-state index in [9.17, 15) is 4.79 Å². The minimum absolute atomic E-state index is 0.0502. The van der Waals surface area contributed by atoms with Gasteiger partial charge in [0, 0.05) is 11.5 Å². The van der Waals surface area contributed by atoms with Gasteiger partial charge in [0.2, 0.25) is 0 Å². The maximum atomic E-state index is 11.9. The van der Waals surface area contributed by atoms with Crippen molar-refractivity contribution < 1.29 is 4.79 Å². The molecule has 0 saturated heterocycles. The van der Waals surface area contributed by atoms with Crippen molar-refractivity contribution in [1.82, 2.24) is 0 Å². The Hall–Kier alpha value is -1.89. The fourth-order valence-corrected chi connectivity index (χ4v) is 2.13. The average molecular weight is 252 g/mol. The SMILES string of the molecule is CCc1cccc(-c2ccc(C(=O)C(C)C)cc2)c1. The highest BCUT2D eigenvalue weighted by Gasteiger charge is 2.10. The molecule has 0 atom stereocenters. The Bertz CT molecular complexity index is 564. The number of benzene rings is 2. The van der Waals surface area contributed by atoms with Gasteiger partial charge >= 0.3 is 0 Å². The monoisotopic (exact) mass is 252 g/mol. The van der Waals surface area contributed by atoms with E-state index in [0.29, 0.717) is 0 Å². The van der Waals surface area contributed by atoms with Crippen LogP contribution in [0.3, 0.4) is 0 Å². The van der Waals surface area contributed by atoms with Crippen molar-refractivity contribution in [3.05, 3.63) is 59.7 Å². The van der Waals surface area contributed by atoms with Gasteiger partial charge in [-0.05, 0) is 23.1 Å². The molecule has 2 aromatic carbocycles. The number of hydrogen-bond acceptors (Lipinski definition) is 1. The first-order chi connectivity index (χ1) is 9.11. The van der Waals surface area contributed by atoms with E-state index < -0.39 is 0 Å². The number of Topliss-reactive ketones (excluding diaryl/α,β-unsaturated/α-hetero) is 1. The van der Waals surface area contributed by atoms with E-state index >= 15 is 0 Å². The molecule has 2 rings (SSSR count). The van der Waals surface area contributed by atoms with Gasteiger partial charge in [0.1, 0.15) is 0 Å². The molecule has 0 aliphatic carbocycles. The van der Waals surface area contributed by atoms with Gasteiger partial charge in [0.15, 0.2) is 5.78 Å². The second-order valence-corrected chi connectivity index (χ2v) is 5.15. The molecule has 0 aliphatic heterocycles. The number of aryl methyl sites for hydroxylation is 1. The number of hydrogen-bond donors (Lipinski definition) is 0. The molecule has 2 aromatic rings. The van der Waals surface area contributed by atoms with Crippen molar-refractivity contribution >= 4 is 5.78 Å². The average Bonchev–Trinajstić information content (AvgIpc) is 2.46. The standard InChI is InChI=1S/C18H20O/c1-4-14-6-5-7-17(12-14)15-8-10-16(11-9-15)18(19)13(2)3/h5-13H,4H2,1-3H3. The van der Waals surface area contributed by atoms with E-state index in [1.54, 1.807) is 0 Å². The maximum Gasteiger partial charge on any atom is 0.165 e. The van der Waals surface area contributed by atoms with Gasteiger partial charge in [-0.1, -0.05) is 69.3 Å². The highest BCUT2D eigenvalue weighted by Crippen LogP contribution is 2.22. The second kappa shape index (κ2) is 5.83. The number of ketones is 1. The molecule has 1 heteroatoms. The third-order valence-electron chi connectivity index (χ3n) is 3.36.